The predicted octanol–water partition coefficient (Wildman–Crippen LogP) is 5.91. The maximum atomic E-state index is 13.6. The minimum Gasteiger partial charge on any atom is -0.493 e. The van der Waals surface area contributed by atoms with Crippen molar-refractivity contribution in [2.45, 2.75) is 6.92 Å². The zero-order valence-corrected chi connectivity index (χ0v) is 15.9. The summed E-state index contributed by atoms with van der Waals surface area (Å²) in [6.45, 7) is 2.43. The second kappa shape index (κ2) is 8.03. The quantitative estimate of drug-likeness (QED) is 0.532. The van der Waals surface area contributed by atoms with Gasteiger partial charge in [0.05, 0.1) is 27.9 Å². The van der Waals surface area contributed by atoms with Gasteiger partial charge in [-0.3, -0.25) is 10.1 Å². The minimum atomic E-state index is -0.716. The molecule has 1 aromatic heterocycles. The zero-order valence-electron chi connectivity index (χ0n) is 13.6. The molecular formula is C18H13Cl2FN2O2S. The van der Waals surface area contributed by atoms with Gasteiger partial charge in [0.2, 0.25) is 0 Å². The second-order valence-corrected chi connectivity index (χ2v) is 6.84. The van der Waals surface area contributed by atoms with Crippen LogP contribution in [0.5, 0.6) is 5.75 Å². The van der Waals surface area contributed by atoms with Gasteiger partial charge in [0.25, 0.3) is 5.91 Å². The fourth-order valence-corrected chi connectivity index (χ4v) is 3.45. The molecule has 0 bridgehead atoms. The van der Waals surface area contributed by atoms with Crippen molar-refractivity contribution in [2.24, 2.45) is 0 Å². The average molecular weight is 411 g/mol. The van der Waals surface area contributed by atoms with Gasteiger partial charge in [-0.2, -0.15) is 0 Å². The molecule has 0 aliphatic heterocycles. The van der Waals surface area contributed by atoms with Crippen LogP contribution >= 0.6 is 34.5 Å². The highest BCUT2D eigenvalue weighted by atomic mass is 35.5. The monoisotopic (exact) mass is 410 g/mol. The number of carbonyl (C=O) groups excluding carboxylic acids is 1. The summed E-state index contributed by atoms with van der Waals surface area (Å²) in [7, 11) is 0. The van der Waals surface area contributed by atoms with Gasteiger partial charge in [0.1, 0.15) is 11.6 Å². The zero-order chi connectivity index (χ0) is 18.7. The lowest BCUT2D eigenvalue weighted by molar-refractivity contribution is 0.102. The summed E-state index contributed by atoms with van der Waals surface area (Å²) in [5.74, 6) is -0.572. The number of nitrogens with one attached hydrogen (secondary N) is 1. The lowest BCUT2D eigenvalue weighted by Crippen LogP contribution is -2.12. The number of hydrogen-bond acceptors (Lipinski definition) is 4. The number of anilines is 1. The molecule has 0 saturated carbocycles. The van der Waals surface area contributed by atoms with E-state index in [0.29, 0.717) is 23.2 Å². The molecule has 0 fully saturated rings. The third-order valence-electron chi connectivity index (χ3n) is 3.44. The van der Waals surface area contributed by atoms with E-state index >= 15 is 0 Å². The number of halogens is 3. The summed E-state index contributed by atoms with van der Waals surface area (Å²) < 4.78 is 19.2. The van der Waals surface area contributed by atoms with Crippen molar-refractivity contribution in [3.05, 3.63) is 63.2 Å². The van der Waals surface area contributed by atoms with Crippen LogP contribution in [-0.2, 0) is 0 Å². The van der Waals surface area contributed by atoms with Crippen molar-refractivity contribution < 1.29 is 13.9 Å². The smallest absolute Gasteiger partial charge is 0.259 e. The predicted molar refractivity (Wildman–Crippen MR) is 103 cm³/mol. The van der Waals surface area contributed by atoms with Gasteiger partial charge in [0, 0.05) is 10.9 Å². The van der Waals surface area contributed by atoms with Gasteiger partial charge in [0.15, 0.2) is 5.13 Å². The van der Waals surface area contributed by atoms with Crippen molar-refractivity contribution in [3.63, 3.8) is 0 Å². The molecule has 8 heteroatoms. The molecule has 26 heavy (non-hydrogen) atoms. The molecule has 4 nitrogen and oxygen atoms in total. The number of benzene rings is 2. The van der Waals surface area contributed by atoms with Crippen LogP contribution < -0.4 is 10.1 Å². The van der Waals surface area contributed by atoms with Gasteiger partial charge in [-0.1, -0.05) is 35.3 Å². The Kier molecular flexibility index (Phi) is 5.76. The van der Waals surface area contributed by atoms with E-state index in [4.69, 9.17) is 27.9 Å². The second-order valence-electron chi connectivity index (χ2n) is 5.17. The SMILES string of the molecule is CCOc1ccccc1-c1csc(NC(=O)c2cc(F)c(Cl)cc2Cl)n1. The van der Waals surface area contributed by atoms with E-state index in [2.05, 4.69) is 10.3 Å². The summed E-state index contributed by atoms with van der Waals surface area (Å²) >= 11 is 12.9. The summed E-state index contributed by atoms with van der Waals surface area (Å²) in [6.07, 6.45) is 0. The number of para-hydroxylation sites is 1. The highest BCUT2D eigenvalue weighted by Crippen LogP contribution is 2.32. The first-order valence-corrected chi connectivity index (χ1v) is 9.26. The molecule has 0 spiro atoms. The van der Waals surface area contributed by atoms with Crippen LogP contribution in [0.1, 0.15) is 17.3 Å². The Morgan fingerprint density at radius 2 is 2.04 bits per heavy atom. The largest absolute Gasteiger partial charge is 0.493 e. The van der Waals surface area contributed by atoms with Gasteiger partial charge in [-0.25, -0.2) is 9.37 Å². The van der Waals surface area contributed by atoms with Crippen molar-refractivity contribution in [3.8, 4) is 17.0 Å². The van der Waals surface area contributed by atoms with E-state index in [-0.39, 0.29) is 15.6 Å². The van der Waals surface area contributed by atoms with E-state index in [1.807, 2.05) is 31.2 Å². The molecule has 3 aromatic rings. The third kappa shape index (κ3) is 3.98. The van der Waals surface area contributed by atoms with E-state index < -0.39 is 11.7 Å². The van der Waals surface area contributed by atoms with E-state index in [9.17, 15) is 9.18 Å². The highest BCUT2D eigenvalue weighted by Gasteiger charge is 2.17. The summed E-state index contributed by atoms with van der Waals surface area (Å²) in [4.78, 5) is 16.8. The Hall–Kier alpha value is -2.15. The van der Waals surface area contributed by atoms with Gasteiger partial charge in [-0.15, -0.1) is 11.3 Å². The number of ether oxygens (including phenoxy) is 1. The van der Waals surface area contributed by atoms with Crippen LogP contribution in [0.25, 0.3) is 11.3 Å². The Bertz CT molecular complexity index is 962. The fourth-order valence-electron chi connectivity index (χ4n) is 2.28. The number of nitrogens with zero attached hydrogens (tertiary/aromatic N) is 1. The Balaban J connectivity index is 1.83. The third-order valence-corrected chi connectivity index (χ3v) is 4.80. The summed E-state index contributed by atoms with van der Waals surface area (Å²) in [5.41, 5.74) is 1.48. The summed E-state index contributed by atoms with van der Waals surface area (Å²) in [6, 6.07) is 9.69. The minimum absolute atomic E-state index is 0.0139. The van der Waals surface area contributed by atoms with Gasteiger partial charge < -0.3 is 4.74 Å². The molecular weight excluding hydrogens is 398 g/mol. The standard InChI is InChI=1S/C18H13Cl2FN2O2S/c1-2-25-16-6-4-3-5-10(16)15-9-26-18(22-15)23-17(24)11-7-14(21)13(20)8-12(11)19/h3-9H,2H2,1H3,(H,22,23,24). The van der Waals surface area contributed by atoms with E-state index in [0.717, 1.165) is 11.6 Å². The Morgan fingerprint density at radius 1 is 1.27 bits per heavy atom. The molecule has 0 radical (unpaired) electrons. The number of aromatic nitrogens is 1. The van der Waals surface area contributed by atoms with Crippen LogP contribution in [0.2, 0.25) is 10.0 Å². The van der Waals surface area contributed by atoms with Crippen LogP contribution in [0.15, 0.2) is 41.8 Å². The molecule has 1 N–H and O–H groups in total. The maximum absolute atomic E-state index is 13.6. The fraction of sp³-hybridized carbons (Fsp3) is 0.111. The number of carbonyl (C=O) groups is 1. The first-order valence-electron chi connectivity index (χ1n) is 7.63. The summed E-state index contributed by atoms with van der Waals surface area (Å²) in [5, 5.41) is 4.71. The first kappa shape index (κ1) is 18.6. The number of amides is 1. The molecule has 1 amide bonds. The molecule has 0 saturated heterocycles. The molecule has 134 valence electrons. The molecule has 3 rings (SSSR count). The number of rotatable bonds is 5. The molecule has 0 atom stereocenters. The molecule has 0 unspecified atom stereocenters. The Labute approximate surface area is 163 Å². The molecule has 1 heterocycles. The van der Waals surface area contributed by atoms with Crippen molar-refractivity contribution in [2.75, 3.05) is 11.9 Å². The molecule has 2 aromatic carbocycles. The first-order chi connectivity index (χ1) is 12.5. The van der Waals surface area contributed by atoms with Crippen LogP contribution in [0.4, 0.5) is 9.52 Å². The molecule has 0 aliphatic rings. The average Bonchev–Trinajstić information content (AvgIpc) is 3.07. The normalized spacial score (nSPS) is 10.6. The lowest BCUT2D eigenvalue weighted by Gasteiger charge is -2.07. The number of thiazole rings is 1. The highest BCUT2D eigenvalue weighted by molar-refractivity contribution is 7.14. The van der Waals surface area contributed by atoms with Crippen molar-refractivity contribution in [1.82, 2.24) is 4.98 Å². The lowest BCUT2D eigenvalue weighted by atomic mass is 10.1. The van der Waals surface area contributed by atoms with Crippen LogP contribution in [0.3, 0.4) is 0 Å². The van der Waals surface area contributed by atoms with Crippen LogP contribution in [0, 0.1) is 5.82 Å². The van der Waals surface area contributed by atoms with Crippen molar-refractivity contribution >= 4 is 45.6 Å². The van der Waals surface area contributed by atoms with E-state index in [1.165, 1.54) is 17.4 Å². The maximum Gasteiger partial charge on any atom is 0.259 e. The van der Waals surface area contributed by atoms with Crippen molar-refractivity contribution in [1.29, 1.82) is 0 Å². The number of hydrogen-bond donors (Lipinski definition) is 1. The van der Waals surface area contributed by atoms with Gasteiger partial charge >= 0.3 is 0 Å². The topological polar surface area (TPSA) is 51.2 Å². The molecule has 0 aliphatic carbocycles. The Morgan fingerprint density at radius 3 is 2.81 bits per heavy atom. The van der Waals surface area contributed by atoms with Crippen LogP contribution in [-0.4, -0.2) is 17.5 Å². The van der Waals surface area contributed by atoms with Gasteiger partial charge in [-0.05, 0) is 31.2 Å². The van der Waals surface area contributed by atoms with E-state index in [1.54, 1.807) is 5.38 Å².